The van der Waals surface area contributed by atoms with Gasteiger partial charge >= 0.3 is 5.97 Å². The summed E-state index contributed by atoms with van der Waals surface area (Å²) < 4.78 is 6.40. The molecule has 1 aromatic carbocycles. The second kappa shape index (κ2) is 8.12. The van der Waals surface area contributed by atoms with Gasteiger partial charge in [-0.15, -0.1) is 0 Å². The molecule has 1 aromatic heterocycles. The van der Waals surface area contributed by atoms with Crippen molar-refractivity contribution in [1.82, 2.24) is 15.1 Å². The van der Waals surface area contributed by atoms with Crippen LogP contribution in [-0.4, -0.2) is 33.8 Å². The number of fused-ring (bicyclic) bond motifs is 1. The molecule has 2 aromatic rings. The molecule has 0 bridgehead atoms. The van der Waals surface area contributed by atoms with Crippen molar-refractivity contribution in [2.45, 2.75) is 52.6 Å². The van der Waals surface area contributed by atoms with Gasteiger partial charge in [0.05, 0.1) is 5.39 Å². The van der Waals surface area contributed by atoms with E-state index < -0.39 is 12.6 Å². The fourth-order valence-electron chi connectivity index (χ4n) is 2.45. The number of hydrogen-bond donors (Lipinski definition) is 1. The van der Waals surface area contributed by atoms with Gasteiger partial charge in [0, 0.05) is 17.5 Å². The van der Waals surface area contributed by atoms with E-state index in [1.165, 1.54) is 4.68 Å². The van der Waals surface area contributed by atoms with Crippen LogP contribution in [0.5, 0.6) is 0 Å². The second-order valence-corrected chi connectivity index (χ2v) is 6.78. The van der Waals surface area contributed by atoms with E-state index in [0.717, 1.165) is 6.42 Å². The lowest BCUT2D eigenvalue weighted by atomic mass is 10.0. The highest BCUT2D eigenvalue weighted by Crippen LogP contribution is 2.14. The summed E-state index contributed by atoms with van der Waals surface area (Å²) in [5.74, 6) is -1.10. The van der Waals surface area contributed by atoms with Crippen molar-refractivity contribution in [3.63, 3.8) is 0 Å². The van der Waals surface area contributed by atoms with Crippen LogP contribution in [0, 0.1) is 0 Å². The van der Waals surface area contributed by atoms with Crippen molar-refractivity contribution in [3.05, 3.63) is 40.3 Å². The minimum atomic E-state index is -0.726. The van der Waals surface area contributed by atoms with Crippen molar-refractivity contribution in [1.29, 1.82) is 0 Å². The van der Waals surface area contributed by atoms with Crippen LogP contribution in [0.3, 0.4) is 0 Å². The minimum absolute atomic E-state index is 0.0381. The van der Waals surface area contributed by atoms with Gasteiger partial charge in [-0.3, -0.25) is 9.59 Å². The van der Waals surface area contributed by atoms with Crippen molar-refractivity contribution < 1.29 is 14.3 Å². The van der Waals surface area contributed by atoms with E-state index >= 15 is 0 Å². The predicted octanol–water partition coefficient (Wildman–Crippen LogP) is 2.27. The molecule has 2 rings (SSSR count). The predicted molar refractivity (Wildman–Crippen MR) is 99.1 cm³/mol. The summed E-state index contributed by atoms with van der Waals surface area (Å²) >= 11 is 0. The molecule has 140 valence electrons. The molecule has 0 saturated carbocycles. The molecule has 0 saturated heterocycles. The van der Waals surface area contributed by atoms with Gasteiger partial charge < -0.3 is 10.1 Å². The van der Waals surface area contributed by atoms with E-state index in [2.05, 4.69) is 10.4 Å². The molecule has 0 spiro atoms. The van der Waals surface area contributed by atoms with E-state index in [1.807, 2.05) is 27.7 Å². The SMILES string of the molecule is CCCn1nc(C(=O)OCC(=O)NC(C)(C)CC)c2ccccc2c1=O. The van der Waals surface area contributed by atoms with Crippen molar-refractivity contribution >= 4 is 22.6 Å². The summed E-state index contributed by atoms with van der Waals surface area (Å²) in [6.45, 7) is 7.66. The molecule has 0 atom stereocenters. The molecule has 0 fully saturated rings. The van der Waals surface area contributed by atoms with Crippen molar-refractivity contribution in [2.24, 2.45) is 0 Å². The van der Waals surface area contributed by atoms with Crippen molar-refractivity contribution in [2.75, 3.05) is 6.61 Å². The number of esters is 1. The van der Waals surface area contributed by atoms with Crippen LogP contribution in [0.2, 0.25) is 0 Å². The normalized spacial score (nSPS) is 11.4. The summed E-state index contributed by atoms with van der Waals surface area (Å²) in [5.41, 5.74) is -0.583. The van der Waals surface area contributed by atoms with E-state index in [9.17, 15) is 14.4 Å². The van der Waals surface area contributed by atoms with Crippen LogP contribution in [0.15, 0.2) is 29.1 Å². The van der Waals surface area contributed by atoms with E-state index in [4.69, 9.17) is 4.74 Å². The van der Waals surface area contributed by atoms with Gasteiger partial charge in [0.2, 0.25) is 0 Å². The standard InChI is InChI=1S/C19H25N3O4/c1-5-11-22-17(24)14-10-8-7-9-13(14)16(21-22)18(25)26-12-15(23)20-19(3,4)6-2/h7-10H,5-6,11-12H2,1-4H3,(H,20,23). The summed E-state index contributed by atoms with van der Waals surface area (Å²) in [6, 6.07) is 6.76. The number of aryl methyl sites for hydroxylation is 1. The first-order valence-corrected chi connectivity index (χ1v) is 8.77. The Labute approximate surface area is 152 Å². The van der Waals surface area contributed by atoms with Crippen LogP contribution < -0.4 is 10.9 Å². The van der Waals surface area contributed by atoms with Crippen LogP contribution in [0.4, 0.5) is 0 Å². The first kappa shape index (κ1) is 19.6. The molecule has 0 aliphatic heterocycles. The topological polar surface area (TPSA) is 90.3 Å². The maximum atomic E-state index is 12.5. The number of hydrogen-bond acceptors (Lipinski definition) is 5. The lowest BCUT2D eigenvalue weighted by molar-refractivity contribution is -0.125. The summed E-state index contributed by atoms with van der Waals surface area (Å²) in [5, 5.41) is 7.78. The molecule has 7 heteroatoms. The average Bonchev–Trinajstić information content (AvgIpc) is 2.62. The second-order valence-electron chi connectivity index (χ2n) is 6.78. The molecule has 1 N–H and O–H groups in total. The molecule has 1 heterocycles. The highest BCUT2D eigenvalue weighted by atomic mass is 16.5. The van der Waals surface area contributed by atoms with Crippen LogP contribution in [-0.2, 0) is 16.1 Å². The fourth-order valence-corrected chi connectivity index (χ4v) is 2.45. The molecular weight excluding hydrogens is 334 g/mol. The first-order chi connectivity index (χ1) is 12.3. The van der Waals surface area contributed by atoms with Crippen molar-refractivity contribution in [3.8, 4) is 0 Å². The third kappa shape index (κ3) is 4.47. The highest BCUT2D eigenvalue weighted by molar-refractivity contribution is 6.02. The number of nitrogens with zero attached hydrogens (tertiary/aromatic N) is 2. The maximum absolute atomic E-state index is 12.5. The van der Waals surface area contributed by atoms with Crippen LogP contribution in [0.25, 0.3) is 10.8 Å². The van der Waals surface area contributed by atoms with Crippen LogP contribution >= 0.6 is 0 Å². The Morgan fingerprint density at radius 1 is 1.19 bits per heavy atom. The summed E-state index contributed by atoms with van der Waals surface area (Å²) in [7, 11) is 0. The number of aromatic nitrogens is 2. The van der Waals surface area contributed by atoms with Gasteiger partial charge in [0.1, 0.15) is 0 Å². The number of benzene rings is 1. The number of carbonyl (C=O) groups is 2. The minimum Gasteiger partial charge on any atom is -0.451 e. The number of amides is 1. The zero-order chi connectivity index (χ0) is 19.3. The third-order valence-electron chi connectivity index (χ3n) is 4.19. The zero-order valence-electron chi connectivity index (χ0n) is 15.7. The van der Waals surface area contributed by atoms with E-state index in [1.54, 1.807) is 24.3 Å². The monoisotopic (exact) mass is 359 g/mol. The third-order valence-corrected chi connectivity index (χ3v) is 4.19. The van der Waals surface area contributed by atoms with Gasteiger partial charge in [-0.05, 0) is 32.8 Å². The van der Waals surface area contributed by atoms with Gasteiger partial charge in [-0.1, -0.05) is 32.0 Å². The molecule has 26 heavy (non-hydrogen) atoms. The Hall–Kier alpha value is -2.70. The summed E-state index contributed by atoms with van der Waals surface area (Å²) in [4.78, 5) is 36.9. The number of rotatable bonds is 7. The molecule has 0 aliphatic rings. The van der Waals surface area contributed by atoms with Gasteiger partial charge in [0.25, 0.3) is 11.5 Å². The van der Waals surface area contributed by atoms with Gasteiger partial charge in [-0.2, -0.15) is 5.10 Å². The lowest BCUT2D eigenvalue weighted by Crippen LogP contribution is -2.44. The number of nitrogens with one attached hydrogen (secondary N) is 1. The smallest absolute Gasteiger partial charge is 0.359 e. The zero-order valence-corrected chi connectivity index (χ0v) is 15.7. The maximum Gasteiger partial charge on any atom is 0.359 e. The molecule has 1 amide bonds. The largest absolute Gasteiger partial charge is 0.451 e. The Morgan fingerprint density at radius 3 is 2.46 bits per heavy atom. The van der Waals surface area contributed by atoms with E-state index in [0.29, 0.717) is 23.7 Å². The number of carbonyl (C=O) groups excluding carboxylic acids is 2. The van der Waals surface area contributed by atoms with Crippen LogP contribution in [0.1, 0.15) is 51.0 Å². The first-order valence-electron chi connectivity index (χ1n) is 8.77. The molecule has 0 radical (unpaired) electrons. The molecule has 7 nitrogen and oxygen atoms in total. The summed E-state index contributed by atoms with van der Waals surface area (Å²) in [6.07, 6.45) is 1.45. The Bertz CT molecular complexity index is 871. The Balaban J connectivity index is 2.26. The van der Waals surface area contributed by atoms with E-state index in [-0.39, 0.29) is 22.7 Å². The van der Waals surface area contributed by atoms with Gasteiger partial charge in [-0.25, -0.2) is 9.48 Å². The molecule has 0 unspecified atom stereocenters. The Morgan fingerprint density at radius 2 is 1.85 bits per heavy atom. The molecule has 0 aliphatic carbocycles. The van der Waals surface area contributed by atoms with Gasteiger partial charge in [0.15, 0.2) is 12.3 Å². The fraction of sp³-hybridized carbons (Fsp3) is 0.474. The molecular formula is C19H25N3O4. The lowest BCUT2D eigenvalue weighted by Gasteiger charge is -2.24. The average molecular weight is 359 g/mol. The quantitative estimate of drug-likeness (QED) is 0.766. The Kier molecular flexibility index (Phi) is 6.13. The highest BCUT2D eigenvalue weighted by Gasteiger charge is 2.21. The number of ether oxygens (including phenoxy) is 1.